The Morgan fingerprint density at radius 3 is 2.52 bits per heavy atom. The van der Waals surface area contributed by atoms with Gasteiger partial charge >= 0.3 is 0 Å². The van der Waals surface area contributed by atoms with Crippen molar-refractivity contribution in [3.05, 3.63) is 41.3 Å². The third kappa shape index (κ3) is 4.84. The lowest BCUT2D eigenvalue weighted by Crippen LogP contribution is -2.47. The Morgan fingerprint density at radius 2 is 1.89 bits per heavy atom. The van der Waals surface area contributed by atoms with Gasteiger partial charge in [0.2, 0.25) is 0 Å². The summed E-state index contributed by atoms with van der Waals surface area (Å²) in [7, 11) is 0. The fraction of sp³-hybridized carbons (Fsp3) is 0.591. The fourth-order valence-corrected chi connectivity index (χ4v) is 4.08. The molecule has 1 aromatic heterocycles. The average molecular weight is 375 g/mol. The molecule has 5 N–H and O–H groups in total. The second-order valence-corrected chi connectivity index (χ2v) is 7.99. The van der Waals surface area contributed by atoms with Crippen molar-refractivity contribution in [2.24, 2.45) is 5.92 Å². The lowest BCUT2D eigenvalue weighted by molar-refractivity contribution is 0.211. The summed E-state index contributed by atoms with van der Waals surface area (Å²) in [6, 6.07) is 7.34. The molecule has 1 fully saturated rings. The molecule has 0 radical (unpaired) electrons. The predicted molar refractivity (Wildman–Crippen MR) is 112 cm³/mol. The topological polar surface area (TPSA) is 72.0 Å². The van der Waals surface area contributed by atoms with Crippen molar-refractivity contribution in [3.8, 4) is 0 Å². The lowest BCUT2D eigenvalue weighted by atomic mass is 9.82. The third-order valence-electron chi connectivity index (χ3n) is 6.19. The Morgan fingerprint density at radius 1 is 1.22 bits per heavy atom. The summed E-state index contributed by atoms with van der Waals surface area (Å²) >= 11 is 0. The number of hydrogen-bond donors (Lipinski definition) is 3. The number of nitrogens with zero attached hydrogens (tertiary/aromatic N) is 1. The van der Waals surface area contributed by atoms with Crippen molar-refractivity contribution >= 4 is 10.9 Å². The van der Waals surface area contributed by atoms with Crippen LogP contribution in [0.15, 0.2) is 24.3 Å². The van der Waals surface area contributed by atoms with Gasteiger partial charge in [0, 0.05) is 22.7 Å². The van der Waals surface area contributed by atoms with Crippen LogP contribution in [0.4, 0.5) is 4.39 Å². The number of pyridine rings is 1. The monoisotopic (exact) mass is 374 g/mol. The maximum Gasteiger partial charge on any atom is 0.123 e. The third-order valence-corrected chi connectivity index (χ3v) is 6.19. The largest absolute Gasteiger partial charge is 0.344 e. The molecule has 4 nitrogen and oxygen atoms in total. The van der Waals surface area contributed by atoms with Crippen LogP contribution in [0, 0.1) is 18.7 Å². The van der Waals surface area contributed by atoms with E-state index in [4.69, 9.17) is 0 Å². The molecule has 0 spiro atoms. The number of nitrogens with one attached hydrogen (secondary N) is 2. The zero-order chi connectivity index (χ0) is 18.7. The second-order valence-electron chi connectivity index (χ2n) is 7.99. The number of halogens is 1. The highest BCUT2D eigenvalue weighted by molar-refractivity contribution is 5.83. The molecule has 2 heterocycles. The number of benzene rings is 1. The minimum absolute atomic E-state index is 0. The first-order valence-electron chi connectivity index (χ1n) is 10.0. The Labute approximate surface area is 162 Å². The standard InChI is InChI=1S/C22H32FN3.H3N/c1-5-22(4,6-2)26-21(16-9-11-24-12-10-16)19-13-15(3)25-20-8-7-17(23)14-18(19)20;/h7-8,13-14,16,21,24,26H,5-6,9-12H2,1-4H3;1H3. The summed E-state index contributed by atoms with van der Waals surface area (Å²) in [5, 5.41) is 8.39. The Balaban J connectivity index is 0.00000261. The molecule has 27 heavy (non-hydrogen) atoms. The van der Waals surface area contributed by atoms with Crippen molar-refractivity contribution in [2.45, 2.75) is 65.0 Å². The number of aromatic nitrogens is 1. The molecule has 1 atom stereocenters. The van der Waals surface area contributed by atoms with Crippen molar-refractivity contribution in [1.29, 1.82) is 0 Å². The van der Waals surface area contributed by atoms with Gasteiger partial charge in [0.1, 0.15) is 5.82 Å². The first-order valence-corrected chi connectivity index (χ1v) is 10.0. The van der Waals surface area contributed by atoms with Crippen LogP contribution in [0.3, 0.4) is 0 Å². The Hall–Kier alpha value is -1.56. The number of hydrogen-bond acceptors (Lipinski definition) is 4. The first-order chi connectivity index (χ1) is 12.5. The van der Waals surface area contributed by atoms with Crippen LogP contribution in [0.25, 0.3) is 10.9 Å². The molecule has 2 aromatic rings. The van der Waals surface area contributed by atoms with Crippen LogP contribution < -0.4 is 16.8 Å². The zero-order valence-electron chi connectivity index (χ0n) is 17.2. The number of piperidine rings is 1. The average Bonchev–Trinajstić information content (AvgIpc) is 2.66. The summed E-state index contributed by atoms with van der Waals surface area (Å²) in [6.07, 6.45) is 4.42. The first kappa shape index (κ1) is 21.7. The normalized spacial score (nSPS) is 16.9. The van der Waals surface area contributed by atoms with E-state index >= 15 is 0 Å². The molecule has 1 aliphatic heterocycles. The summed E-state index contributed by atoms with van der Waals surface area (Å²) in [5.41, 5.74) is 3.16. The molecule has 0 amide bonds. The predicted octanol–water partition coefficient (Wildman–Crippen LogP) is 5.05. The second kappa shape index (κ2) is 9.09. The van der Waals surface area contributed by atoms with Crippen LogP contribution in [0.1, 0.15) is 63.8 Å². The van der Waals surface area contributed by atoms with E-state index in [1.54, 1.807) is 12.1 Å². The molecule has 1 aromatic carbocycles. The molecule has 0 saturated carbocycles. The van der Waals surface area contributed by atoms with E-state index in [1.807, 2.05) is 6.92 Å². The molecule has 150 valence electrons. The zero-order valence-corrected chi connectivity index (χ0v) is 17.2. The van der Waals surface area contributed by atoms with Gasteiger partial charge in [-0.1, -0.05) is 13.8 Å². The van der Waals surface area contributed by atoms with Crippen LogP contribution >= 0.6 is 0 Å². The summed E-state index contributed by atoms with van der Waals surface area (Å²) in [4.78, 5) is 4.63. The van der Waals surface area contributed by atoms with Crippen LogP contribution in [-0.4, -0.2) is 23.6 Å². The Bertz CT molecular complexity index is 751. The minimum atomic E-state index is -0.192. The van der Waals surface area contributed by atoms with Crippen molar-refractivity contribution < 1.29 is 4.39 Å². The van der Waals surface area contributed by atoms with E-state index in [-0.39, 0.29) is 23.5 Å². The highest BCUT2D eigenvalue weighted by Gasteiger charge is 2.32. The van der Waals surface area contributed by atoms with Crippen LogP contribution in [-0.2, 0) is 0 Å². The highest BCUT2D eigenvalue weighted by Crippen LogP contribution is 2.36. The van der Waals surface area contributed by atoms with Gasteiger partial charge in [-0.2, -0.15) is 0 Å². The molecule has 1 saturated heterocycles. The maximum atomic E-state index is 14.0. The molecule has 0 bridgehead atoms. The van der Waals surface area contributed by atoms with Gasteiger partial charge in [0.15, 0.2) is 0 Å². The summed E-state index contributed by atoms with van der Waals surface area (Å²) in [6.45, 7) is 10.9. The molecule has 1 aliphatic rings. The van der Waals surface area contributed by atoms with Crippen molar-refractivity contribution in [2.75, 3.05) is 13.1 Å². The molecule has 0 aliphatic carbocycles. The smallest absolute Gasteiger partial charge is 0.123 e. The maximum absolute atomic E-state index is 14.0. The highest BCUT2D eigenvalue weighted by atomic mass is 19.1. The van der Waals surface area contributed by atoms with E-state index in [1.165, 1.54) is 11.6 Å². The molecule has 3 rings (SSSR count). The number of rotatable bonds is 6. The van der Waals surface area contributed by atoms with Gasteiger partial charge < -0.3 is 16.8 Å². The van der Waals surface area contributed by atoms with Gasteiger partial charge in [-0.25, -0.2) is 4.39 Å². The van der Waals surface area contributed by atoms with E-state index in [0.29, 0.717) is 5.92 Å². The summed E-state index contributed by atoms with van der Waals surface area (Å²) in [5.74, 6) is 0.351. The number of fused-ring (bicyclic) bond motifs is 1. The molecule has 5 heteroatoms. The van der Waals surface area contributed by atoms with Gasteiger partial charge in [-0.05, 0) is 88.4 Å². The summed E-state index contributed by atoms with van der Waals surface area (Å²) < 4.78 is 14.0. The number of aryl methyl sites for hydroxylation is 1. The van der Waals surface area contributed by atoms with E-state index in [0.717, 1.165) is 55.4 Å². The van der Waals surface area contributed by atoms with E-state index in [2.05, 4.69) is 42.5 Å². The Kier molecular flexibility index (Phi) is 7.32. The van der Waals surface area contributed by atoms with Crippen molar-refractivity contribution in [3.63, 3.8) is 0 Å². The van der Waals surface area contributed by atoms with E-state index < -0.39 is 0 Å². The fourth-order valence-electron chi connectivity index (χ4n) is 4.08. The van der Waals surface area contributed by atoms with Crippen molar-refractivity contribution in [1.82, 2.24) is 21.8 Å². The van der Waals surface area contributed by atoms with Gasteiger partial charge in [0.05, 0.1) is 5.52 Å². The molecule has 1 unspecified atom stereocenters. The molecular weight excluding hydrogens is 339 g/mol. The van der Waals surface area contributed by atoms with Gasteiger partial charge in [-0.15, -0.1) is 0 Å². The minimum Gasteiger partial charge on any atom is -0.344 e. The van der Waals surface area contributed by atoms with Crippen LogP contribution in [0.2, 0.25) is 0 Å². The van der Waals surface area contributed by atoms with Gasteiger partial charge in [-0.3, -0.25) is 4.98 Å². The van der Waals surface area contributed by atoms with E-state index in [9.17, 15) is 4.39 Å². The van der Waals surface area contributed by atoms with Crippen LogP contribution in [0.5, 0.6) is 0 Å². The SMILES string of the molecule is CCC(C)(CC)NC(c1cc(C)nc2ccc(F)cc12)C1CCNCC1.N. The quantitative estimate of drug-likeness (QED) is 0.661. The lowest BCUT2D eigenvalue weighted by Gasteiger charge is -2.40. The van der Waals surface area contributed by atoms with Gasteiger partial charge in [0.25, 0.3) is 0 Å². The molecular formula is C22H35FN4.